The van der Waals surface area contributed by atoms with Gasteiger partial charge in [-0.15, -0.1) is 0 Å². The van der Waals surface area contributed by atoms with Crippen LogP contribution in [0.15, 0.2) is 72.8 Å². The molecular formula is C24H21NO3. The van der Waals surface area contributed by atoms with Crippen LogP contribution in [-0.4, -0.2) is 11.8 Å². The Morgan fingerprint density at radius 1 is 0.679 bits per heavy atom. The highest BCUT2D eigenvalue weighted by Gasteiger charge is 2.36. The van der Waals surface area contributed by atoms with Crippen LogP contribution < -0.4 is 9.64 Å². The summed E-state index contributed by atoms with van der Waals surface area (Å²) in [5, 5.41) is 0. The van der Waals surface area contributed by atoms with Crippen molar-refractivity contribution < 1.29 is 14.3 Å². The van der Waals surface area contributed by atoms with E-state index >= 15 is 0 Å². The predicted molar refractivity (Wildman–Crippen MR) is 109 cm³/mol. The van der Waals surface area contributed by atoms with Gasteiger partial charge in [-0.2, -0.15) is 0 Å². The first-order valence-electron chi connectivity index (χ1n) is 9.21. The second kappa shape index (κ2) is 6.64. The number of benzene rings is 3. The van der Waals surface area contributed by atoms with E-state index < -0.39 is 0 Å². The van der Waals surface area contributed by atoms with Crippen molar-refractivity contribution in [2.24, 2.45) is 0 Å². The monoisotopic (exact) mass is 371 g/mol. The van der Waals surface area contributed by atoms with Gasteiger partial charge in [0.2, 0.25) is 0 Å². The molecule has 2 amide bonds. The minimum absolute atomic E-state index is 0.0898. The lowest BCUT2D eigenvalue weighted by atomic mass is 9.87. The number of ether oxygens (including phenoxy) is 1. The van der Waals surface area contributed by atoms with Gasteiger partial charge in [0.1, 0.15) is 11.5 Å². The number of fused-ring (bicyclic) bond motifs is 1. The van der Waals surface area contributed by atoms with Crippen LogP contribution in [0.25, 0.3) is 0 Å². The molecule has 4 heteroatoms. The van der Waals surface area contributed by atoms with Gasteiger partial charge in [-0.1, -0.05) is 45.0 Å². The van der Waals surface area contributed by atoms with Crippen molar-refractivity contribution in [3.05, 3.63) is 89.5 Å². The van der Waals surface area contributed by atoms with Gasteiger partial charge in [0.05, 0.1) is 16.8 Å². The highest BCUT2D eigenvalue weighted by atomic mass is 16.5. The van der Waals surface area contributed by atoms with E-state index in [-0.39, 0.29) is 17.2 Å². The molecule has 4 rings (SSSR count). The summed E-state index contributed by atoms with van der Waals surface area (Å²) in [5.74, 6) is 0.782. The van der Waals surface area contributed by atoms with Gasteiger partial charge in [0.25, 0.3) is 11.8 Å². The largest absolute Gasteiger partial charge is 0.457 e. The molecule has 0 saturated heterocycles. The molecule has 28 heavy (non-hydrogen) atoms. The Morgan fingerprint density at radius 2 is 1.14 bits per heavy atom. The fourth-order valence-corrected chi connectivity index (χ4v) is 3.25. The van der Waals surface area contributed by atoms with Crippen LogP contribution in [0.2, 0.25) is 0 Å². The molecule has 0 spiro atoms. The molecule has 1 aliphatic heterocycles. The summed E-state index contributed by atoms with van der Waals surface area (Å²) in [4.78, 5) is 26.3. The van der Waals surface area contributed by atoms with Crippen LogP contribution in [0, 0.1) is 0 Å². The first-order valence-corrected chi connectivity index (χ1v) is 9.21. The summed E-state index contributed by atoms with van der Waals surface area (Å²) >= 11 is 0. The molecule has 0 atom stereocenters. The van der Waals surface area contributed by atoms with E-state index in [0.29, 0.717) is 22.6 Å². The van der Waals surface area contributed by atoms with Gasteiger partial charge in [-0.3, -0.25) is 9.59 Å². The van der Waals surface area contributed by atoms with Crippen molar-refractivity contribution in [1.82, 2.24) is 0 Å². The summed E-state index contributed by atoms with van der Waals surface area (Å²) < 4.78 is 5.89. The first kappa shape index (κ1) is 18.0. The number of imide groups is 1. The molecule has 3 aromatic carbocycles. The van der Waals surface area contributed by atoms with E-state index in [9.17, 15) is 9.59 Å². The Hall–Kier alpha value is -3.40. The third-order valence-electron chi connectivity index (χ3n) is 4.85. The number of carbonyl (C=O) groups excluding carboxylic acids is 2. The van der Waals surface area contributed by atoms with Crippen LogP contribution in [-0.2, 0) is 5.41 Å². The Bertz CT molecular complexity index is 1010. The minimum atomic E-state index is -0.299. The van der Waals surface area contributed by atoms with Crippen molar-refractivity contribution >= 4 is 17.5 Å². The lowest BCUT2D eigenvalue weighted by molar-refractivity contribution is 0.0926. The number of anilines is 1. The summed E-state index contributed by atoms with van der Waals surface area (Å²) in [5.41, 5.74) is 2.73. The summed E-state index contributed by atoms with van der Waals surface area (Å²) in [6.07, 6.45) is 0. The molecule has 0 aliphatic carbocycles. The maximum atomic E-state index is 12.6. The molecule has 0 saturated carbocycles. The Kier molecular flexibility index (Phi) is 4.27. The van der Waals surface area contributed by atoms with E-state index in [4.69, 9.17) is 4.74 Å². The molecule has 0 unspecified atom stereocenters. The summed E-state index contributed by atoms with van der Waals surface area (Å²) in [6.45, 7) is 6.50. The smallest absolute Gasteiger partial charge is 0.266 e. The zero-order valence-electron chi connectivity index (χ0n) is 16.1. The van der Waals surface area contributed by atoms with Gasteiger partial charge >= 0.3 is 0 Å². The van der Waals surface area contributed by atoms with E-state index in [1.165, 1.54) is 10.5 Å². The Morgan fingerprint density at radius 3 is 1.61 bits per heavy atom. The molecule has 4 nitrogen and oxygen atoms in total. The Labute approximate surface area is 164 Å². The maximum Gasteiger partial charge on any atom is 0.266 e. The van der Waals surface area contributed by atoms with Crippen LogP contribution in [0.4, 0.5) is 5.69 Å². The standard InChI is InChI=1S/C24H21NO3/c1-24(2,3)16-8-12-18(13-9-16)28-19-14-10-17(11-15-19)25-22(26)20-6-4-5-7-21(20)23(25)27/h4-15H,1-3H3. The van der Waals surface area contributed by atoms with Crippen molar-refractivity contribution in [1.29, 1.82) is 0 Å². The van der Waals surface area contributed by atoms with E-state index in [1.807, 2.05) is 12.1 Å². The number of rotatable bonds is 3. The second-order valence-electron chi connectivity index (χ2n) is 7.86. The van der Waals surface area contributed by atoms with Gasteiger partial charge in [-0.05, 0) is 59.5 Å². The van der Waals surface area contributed by atoms with E-state index in [1.54, 1.807) is 48.5 Å². The number of carbonyl (C=O) groups is 2. The molecule has 1 aliphatic rings. The molecule has 0 aromatic heterocycles. The average molecular weight is 371 g/mol. The highest BCUT2D eigenvalue weighted by molar-refractivity contribution is 6.34. The molecule has 3 aromatic rings. The van der Waals surface area contributed by atoms with Gasteiger partial charge in [0.15, 0.2) is 0 Å². The zero-order valence-corrected chi connectivity index (χ0v) is 16.1. The lowest BCUT2D eigenvalue weighted by Gasteiger charge is -2.19. The number of amides is 2. The molecule has 0 bridgehead atoms. The first-order chi connectivity index (χ1) is 13.3. The van der Waals surface area contributed by atoms with Crippen molar-refractivity contribution in [3.8, 4) is 11.5 Å². The minimum Gasteiger partial charge on any atom is -0.457 e. The average Bonchev–Trinajstić information content (AvgIpc) is 2.93. The van der Waals surface area contributed by atoms with E-state index in [2.05, 4.69) is 32.9 Å². The van der Waals surface area contributed by atoms with Gasteiger partial charge in [0, 0.05) is 0 Å². The molecule has 0 fully saturated rings. The second-order valence-corrected chi connectivity index (χ2v) is 7.86. The molecular weight excluding hydrogens is 350 g/mol. The maximum absolute atomic E-state index is 12.6. The third kappa shape index (κ3) is 3.18. The van der Waals surface area contributed by atoms with Crippen LogP contribution in [0.3, 0.4) is 0 Å². The van der Waals surface area contributed by atoms with Crippen molar-refractivity contribution in [2.75, 3.05) is 4.90 Å². The Balaban J connectivity index is 1.52. The zero-order chi connectivity index (χ0) is 19.9. The van der Waals surface area contributed by atoms with Crippen LogP contribution >= 0.6 is 0 Å². The molecule has 140 valence electrons. The third-order valence-corrected chi connectivity index (χ3v) is 4.85. The number of nitrogens with zero attached hydrogens (tertiary/aromatic N) is 1. The van der Waals surface area contributed by atoms with Gasteiger partial charge < -0.3 is 4.74 Å². The number of hydrogen-bond donors (Lipinski definition) is 0. The number of hydrogen-bond acceptors (Lipinski definition) is 3. The van der Waals surface area contributed by atoms with Crippen molar-refractivity contribution in [3.63, 3.8) is 0 Å². The molecule has 0 N–H and O–H groups in total. The fraction of sp³-hybridized carbons (Fsp3) is 0.167. The highest BCUT2D eigenvalue weighted by Crippen LogP contribution is 2.31. The summed E-state index contributed by atoms with van der Waals surface area (Å²) in [6, 6.07) is 21.8. The molecule has 1 heterocycles. The fourth-order valence-electron chi connectivity index (χ4n) is 3.25. The predicted octanol–water partition coefficient (Wildman–Crippen LogP) is 5.58. The lowest BCUT2D eigenvalue weighted by Crippen LogP contribution is -2.29. The molecule has 0 radical (unpaired) electrons. The van der Waals surface area contributed by atoms with Crippen molar-refractivity contribution in [2.45, 2.75) is 26.2 Å². The van der Waals surface area contributed by atoms with Crippen LogP contribution in [0.1, 0.15) is 47.1 Å². The SMILES string of the molecule is CC(C)(C)c1ccc(Oc2ccc(N3C(=O)c4ccccc4C3=O)cc2)cc1. The normalized spacial score (nSPS) is 13.6. The topological polar surface area (TPSA) is 46.6 Å². The van der Waals surface area contributed by atoms with E-state index in [0.717, 1.165) is 5.75 Å². The summed E-state index contributed by atoms with van der Waals surface area (Å²) in [7, 11) is 0. The van der Waals surface area contributed by atoms with Gasteiger partial charge in [-0.25, -0.2) is 4.90 Å². The quantitative estimate of drug-likeness (QED) is 0.565. The van der Waals surface area contributed by atoms with Crippen LogP contribution in [0.5, 0.6) is 11.5 Å².